The van der Waals surface area contributed by atoms with E-state index in [1.165, 1.54) is 11.7 Å². The summed E-state index contributed by atoms with van der Waals surface area (Å²) in [6.45, 7) is 2.21. The number of benzene rings is 1. The van der Waals surface area contributed by atoms with Crippen LogP contribution in [0.1, 0.15) is 12.2 Å². The fourth-order valence-corrected chi connectivity index (χ4v) is 3.60. The molecule has 0 bridgehead atoms. The minimum absolute atomic E-state index is 0.0476. The van der Waals surface area contributed by atoms with E-state index in [1.807, 2.05) is 4.90 Å². The molecule has 4 heterocycles. The van der Waals surface area contributed by atoms with Crippen LogP contribution < -0.4 is 9.64 Å². The van der Waals surface area contributed by atoms with Gasteiger partial charge >= 0.3 is 0 Å². The molecule has 3 aromatic heterocycles. The monoisotopic (exact) mass is 439 g/mol. The first kappa shape index (κ1) is 20.2. The zero-order chi connectivity index (χ0) is 22.1. The summed E-state index contributed by atoms with van der Waals surface area (Å²) in [5, 5.41) is 0. The van der Waals surface area contributed by atoms with Gasteiger partial charge in [-0.2, -0.15) is 15.0 Å². The van der Waals surface area contributed by atoms with Gasteiger partial charge in [0, 0.05) is 31.0 Å². The normalized spacial score (nSPS) is 14.3. The molecule has 0 atom stereocenters. The van der Waals surface area contributed by atoms with Gasteiger partial charge in [0.1, 0.15) is 11.3 Å². The van der Waals surface area contributed by atoms with Crippen LogP contribution in [0.25, 0.3) is 28.4 Å². The summed E-state index contributed by atoms with van der Waals surface area (Å²) < 4.78 is 40.1. The SMILES string of the molecule is COc1cccc2c1nc(C(F)F)n2-c1nc(-c2cccnc2)nc(N2CCOCC2)n1. The molecule has 0 N–H and O–H groups in total. The Bertz CT molecular complexity index is 1240. The number of aromatic nitrogens is 6. The fraction of sp³-hybridized carbons (Fsp3) is 0.286. The van der Waals surface area contributed by atoms with E-state index in [0.29, 0.717) is 60.4 Å². The van der Waals surface area contributed by atoms with Crippen LogP contribution in [0.3, 0.4) is 0 Å². The third-order valence-electron chi connectivity index (χ3n) is 5.11. The van der Waals surface area contributed by atoms with E-state index in [-0.39, 0.29) is 5.95 Å². The number of anilines is 1. The van der Waals surface area contributed by atoms with E-state index in [0.717, 1.165) is 0 Å². The average Bonchev–Trinajstić information content (AvgIpc) is 3.25. The minimum atomic E-state index is -2.85. The third kappa shape index (κ3) is 3.60. The van der Waals surface area contributed by atoms with E-state index in [9.17, 15) is 8.78 Å². The van der Waals surface area contributed by atoms with Crippen LogP contribution in [0.2, 0.25) is 0 Å². The summed E-state index contributed by atoms with van der Waals surface area (Å²) in [6, 6.07) is 8.62. The van der Waals surface area contributed by atoms with Gasteiger partial charge in [0.2, 0.25) is 11.9 Å². The second-order valence-electron chi connectivity index (χ2n) is 7.03. The number of imidazole rings is 1. The molecule has 32 heavy (non-hydrogen) atoms. The van der Waals surface area contributed by atoms with Crippen molar-refractivity contribution in [2.45, 2.75) is 6.43 Å². The molecule has 164 valence electrons. The Labute approximate surface area is 181 Å². The molecule has 0 aliphatic carbocycles. The molecular weight excluding hydrogens is 420 g/mol. The number of halogens is 2. The molecule has 9 nitrogen and oxygen atoms in total. The van der Waals surface area contributed by atoms with E-state index in [4.69, 9.17) is 9.47 Å². The molecule has 0 spiro atoms. The van der Waals surface area contributed by atoms with Gasteiger partial charge in [0.25, 0.3) is 6.43 Å². The van der Waals surface area contributed by atoms with Crippen molar-refractivity contribution in [1.82, 2.24) is 29.5 Å². The lowest BCUT2D eigenvalue weighted by atomic mass is 10.3. The zero-order valence-corrected chi connectivity index (χ0v) is 17.2. The molecule has 0 saturated carbocycles. The van der Waals surface area contributed by atoms with E-state index < -0.39 is 12.2 Å². The van der Waals surface area contributed by atoms with Crippen molar-refractivity contribution >= 4 is 17.0 Å². The molecule has 1 saturated heterocycles. The largest absolute Gasteiger partial charge is 0.494 e. The molecule has 1 fully saturated rings. The predicted octanol–water partition coefficient (Wildman–Crippen LogP) is 3.06. The Morgan fingerprint density at radius 2 is 1.81 bits per heavy atom. The van der Waals surface area contributed by atoms with E-state index in [1.54, 1.807) is 42.7 Å². The van der Waals surface area contributed by atoms with Crippen molar-refractivity contribution in [2.24, 2.45) is 0 Å². The Balaban J connectivity index is 1.76. The number of rotatable bonds is 5. The second-order valence-corrected chi connectivity index (χ2v) is 7.03. The number of fused-ring (bicyclic) bond motifs is 1. The number of pyridine rings is 1. The average molecular weight is 439 g/mol. The van der Waals surface area contributed by atoms with Crippen molar-refractivity contribution in [3.63, 3.8) is 0 Å². The van der Waals surface area contributed by atoms with Gasteiger partial charge in [-0.25, -0.2) is 13.8 Å². The van der Waals surface area contributed by atoms with Crippen molar-refractivity contribution in [3.05, 3.63) is 48.5 Å². The third-order valence-corrected chi connectivity index (χ3v) is 5.11. The van der Waals surface area contributed by atoms with Crippen LogP contribution in [-0.2, 0) is 4.74 Å². The van der Waals surface area contributed by atoms with Crippen molar-refractivity contribution in [1.29, 1.82) is 0 Å². The highest BCUT2D eigenvalue weighted by atomic mass is 19.3. The quantitative estimate of drug-likeness (QED) is 0.469. The first-order valence-electron chi connectivity index (χ1n) is 9.99. The highest BCUT2D eigenvalue weighted by Crippen LogP contribution is 2.32. The van der Waals surface area contributed by atoms with Crippen molar-refractivity contribution in [2.75, 3.05) is 38.3 Å². The smallest absolute Gasteiger partial charge is 0.296 e. The van der Waals surface area contributed by atoms with E-state index >= 15 is 0 Å². The highest BCUT2D eigenvalue weighted by Gasteiger charge is 2.26. The molecular formula is C21H19F2N7O2. The van der Waals surface area contributed by atoms with Gasteiger partial charge in [0.05, 0.1) is 25.8 Å². The van der Waals surface area contributed by atoms with Crippen LogP contribution in [0.5, 0.6) is 5.75 Å². The maximum absolute atomic E-state index is 14.0. The number of nitrogens with zero attached hydrogens (tertiary/aromatic N) is 7. The zero-order valence-electron chi connectivity index (χ0n) is 17.2. The van der Waals surface area contributed by atoms with Crippen molar-refractivity contribution in [3.8, 4) is 23.1 Å². The first-order chi connectivity index (χ1) is 15.7. The lowest BCUT2D eigenvalue weighted by Crippen LogP contribution is -2.37. The molecule has 4 aromatic rings. The van der Waals surface area contributed by atoms with Gasteiger partial charge in [-0.3, -0.25) is 9.55 Å². The minimum Gasteiger partial charge on any atom is -0.494 e. The highest BCUT2D eigenvalue weighted by molar-refractivity contribution is 5.84. The fourth-order valence-electron chi connectivity index (χ4n) is 3.60. The van der Waals surface area contributed by atoms with Crippen molar-refractivity contribution < 1.29 is 18.3 Å². The van der Waals surface area contributed by atoms with Gasteiger partial charge in [0.15, 0.2) is 11.6 Å². The summed E-state index contributed by atoms with van der Waals surface area (Å²) in [5.74, 6) is 0.668. The number of morpholine rings is 1. The number of alkyl halides is 2. The van der Waals surface area contributed by atoms with Gasteiger partial charge in [-0.1, -0.05) is 6.07 Å². The number of hydrogen-bond acceptors (Lipinski definition) is 8. The number of methoxy groups -OCH3 is 1. The molecule has 5 rings (SSSR count). The molecule has 1 aliphatic rings. The molecule has 1 aliphatic heterocycles. The Kier molecular flexibility index (Phi) is 5.31. The first-order valence-corrected chi connectivity index (χ1v) is 9.99. The van der Waals surface area contributed by atoms with Crippen LogP contribution in [0, 0.1) is 0 Å². The maximum atomic E-state index is 14.0. The van der Waals surface area contributed by atoms with Crippen LogP contribution in [0.15, 0.2) is 42.7 Å². The Hall–Kier alpha value is -3.73. The Morgan fingerprint density at radius 3 is 2.53 bits per heavy atom. The van der Waals surface area contributed by atoms with Gasteiger partial charge in [-0.15, -0.1) is 0 Å². The number of ether oxygens (including phenoxy) is 2. The van der Waals surface area contributed by atoms with Gasteiger partial charge < -0.3 is 14.4 Å². The summed E-state index contributed by atoms with van der Waals surface area (Å²) >= 11 is 0. The van der Waals surface area contributed by atoms with Crippen LogP contribution in [0.4, 0.5) is 14.7 Å². The molecule has 11 heteroatoms. The van der Waals surface area contributed by atoms with Crippen LogP contribution in [-0.4, -0.2) is 62.9 Å². The Morgan fingerprint density at radius 1 is 1.00 bits per heavy atom. The second kappa shape index (κ2) is 8.42. The molecule has 0 amide bonds. The summed E-state index contributed by atoms with van der Waals surface area (Å²) in [7, 11) is 1.47. The van der Waals surface area contributed by atoms with E-state index in [2.05, 4.69) is 24.9 Å². The number of hydrogen-bond donors (Lipinski definition) is 0. The molecule has 1 aromatic carbocycles. The maximum Gasteiger partial charge on any atom is 0.296 e. The predicted molar refractivity (Wildman–Crippen MR) is 112 cm³/mol. The summed E-state index contributed by atoms with van der Waals surface area (Å²) in [5.41, 5.74) is 1.36. The molecule has 0 radical (unpaired) electrons. The lowest BCUT2D eigenvalue weighted by molar-refractivity contribution is 0.122. The van der Waals surface area contributed by atoms with Gasteiger partial charge in [-0.05, 0) is 24.3 Å². The standard InChI is InChI=1S/C21H19F2N7O2/c1-31-15-6-2-5-14-16(15)25-19(17(22)23)30(14)21-27-18(13-4-3-7-24-12-13)26-20(28-21)29-8-10-32-11-9-29/h2-7,12,17H,8-11H2,1H3. The number of para-hydroxylation sites is 1. The summed E-state index contributed by atoms with van der Waals surface area (Å²) in [4.78, 5) is 23.9. The lowest BCUT2D eigenvalue weighted by Gasteiger charge is -2.27. The molecule has 0 unspecified atom stereocenters. The van der Waals surface area contributed by atoms with Crippen LogP contribution >= 0.6 is 0 Å². The topological polar surface area (TPSA) is 91.1 Å². The summed E-state index contributed by atoms with van der Waals surface area (Å²) in [6.07, 6.45) is 0.405.